The molecule has 4 rings (SSSR count). The summed E-state index contributed by atoms with van der Waals surface area (Å²) < 4.78 is 32.9. The second-order valence-corrected chi connectivity index (χ2v) is 11.5. The summed E-state index contributed by atoms with van der Waals surface area (Å²) in [5.41, 5.74) is 0.332. The van der Waals surface area contributed by atoms with Crippen LogP contribution in [0.2, 0.25) is 0 Å². The number of aromatic nitrogens is 3. The number of ether oxygens (including phenoxy) is 1. The summed E-state index contributed by atoms with van der Waals surface area (Å²) in [5, 5.41) is 10.5. The number of nitrogens with one attached hydrogen (secondary N) is 2. The molecule has 2 heterocycles. The zero-order valence-electron chi connectivity index (χ0n) is 18.9. The van der Waals surface area contributed by atoms with Crippen LogP contribution in [0.15, 0.2) is 28.3 Å². The summed E-state index contributed by atoms with van der Waals surface area (Å²) in [5.74, 6) is 1.75. The average molecular weight is 494 g/mol. The van der Waals surface area contributed by atoms with Crippen LogP contribution in [0.25, 0.3) is 0 Å². The molecule has 11 heteroatoms. The molecular weight excluding hydrogens is 462 g/mol. The van der Waals surface area contributed by atoms with Crippen molar-refractivity contribution in [1.82, 2.24) is 19.5 Å². The Hall–Kier alpha value is -2.11. The molecule has 0 spiro atoms. The molecule has 2 aliphatic rings. The number of H-pyrrole nitrogens is 1. The predicted molar refractivity (Wildman–Crippen MR) is 127 cm³/mol. The summed E-state index contributed by atoms with van der Waals surface area (Å²) in [7, 11) is -2.13. The number of sulfonamides is 1. The third kappa shape index (κ3) is 6.07. The molecule has 33 heavy (non-hydrogen) atoms. The normalized spacial score (nSPS) is 17.8. The fourth-order valence-corrected chi connectivity index (χ4v) is 6.60. The number of thioether (sulfide) groups is 1. The van der Waals surface area contributed by atoms with Gasteiger partial charge in [0.25, 0.3) is 0 Å². The highest BCUT2D eigenvalue weighted by Gasteiger charge is 2.27. The van der Waals surface area contributed by atoms with Crippen molar-refractivity contribution in [2.75, 3.05) is 31.3 Å². The second-order valence-electron chi connectivity index (χ2n) is 8.58. The first-order chi connectivity index (χ1) is 16.0. The van der Waals surface area contributed by atoms with Crippen LogP contribution in [0.1, 0.15) is 50.8 Å². The predicted octanol–water partition coefficient (Wildman–Crippen LogP) is 3.45. The SMILES string of the molecule is COc1ccc(S(=O)(=O)N2CCCCC2)cc1NC(=O)CSc1n[nH]c(CC2CCCC2)n1. The van der Waals surface area contributed by atoms with E-state index in [9.17, 15) is 13.2 Å². The smallest absolute Gasteiger partial charge is 0.243 e. The minimum Gasteiger partial charge on any atom is -0.495 e. The fraction of sp³-hybridized carbons (Fsp3) is 0.591. The molecule has 1 saturated heterocycles. The van der Waals surface area contributed by atoms with Gasteiger partial charge < -0.3 is 10.1 Å². The van der Waals surface area contributed by atoms with Gasteiger partial charge in [0.1, 0.15) is 11.6 Å². The number of piperidine rings is 1. The summed E-state index contributed by atoms with van der Waals surface area (Å²) >= 11 is 1.24. The molecule has 1 aromatic carbocycles. The average Bonchev–Trinajstić information content (AvgIpc) is 3.51. The molecule has 0 radical (unpaired) electrons. The van der Waals surface area contributed by atoms with Gasteiger partial charge in [0, 0.05) is 19.5 Å². The number of carbonyl (C=O) groups excluding carboxylic acids is 1. The van der Waals surface area contributed by atoms with Crippen molar-refractivity contribution in [1.29, 1.82) is 0 Å². The van der Waals surface area contributed by atoms with Crippen LogP contribution >= 0.6 is 11.8 Å². The lowest BCUT2D eigenvalue weighted by molar-refractivity contribution is -0.113. The third-order valence-electron chi connectivity index (χ3n) is 6.20. The van der Waals surface area contributed by atoms with Gasteiger partial charge in [0.2, 0.25) is 21.1 Å². The van der Waals surface area contributed by atoms with Gasteiger partial charge in [0.15, 0.2) is 0 Å². The lowest BCUT2D eigenvalue weighted by Crippen LogP contribution is -2.35. The van der Waals surface area contributed by atoms with Crippen LogP contribution in [-0.2, 0) is 21.2 Å². The zero-order valence-corrected chi connectivity index (χ0v) is 20.5. The molecule has 180 valence electrons. The monoisotopic (exact) mass is 493 g/mol. The maximum Gasteiger partial charge on any atom is 0.243 e. The van der Waals surface area contributed by atoms with Gasteiger partial charge >= 0.3 is 0 Å². The number of carbonyl (C=O) groups is 1. The molecule has 9 nitrogen and oxygen atoms in total. The Kier molecular flexibility index (Phi) is 7.92. The number of amides is 1. The van der Waals surface area contributed by atoms with Crippen molar-refractivity contribution in [3.05, 3.63) is 24.0 Å². The number of anilines is 1. The van der Waals surface area contributed by atoms with Crippen molar-refractivity contribution in [3.63, 3.8) is 0 Å². The van der Waals surface area contributed by atoms with E-state index in [1.165, 1.54) is 61.0 Å². The van der Waals surface area contributed by atoms with Crippen LogP contribution in [-0.4, -0.2) is 59.8 Å². The molecule has 1 aromatic heterocycles. The van der Waals surface area contributed by atoms with E-state index < -0.39 is 10.0 Å². The maximum atomic E-state index is 13.0. The van der Waals surface area contributed by atoms with Crippen molar-refractivity contribution >= 4 is 33.4 Å². The highest BCUT2D eigenvalue weighted by atomic mass is 32.2. The minimum absolute atomic E-state index is 0.104. The topological polar surface area (TPSA) is 117 Å². The largest absolute Gasteiger partial charge is 0.495 e. The highest BCUT2D eigenvalue weighted by Crippen LogP contribution is 2.30. The fourth-order valence-electron chi connectivity index (χ4n) is 4.44. The van der Waals surface area contributed by atoms with Gasteiger partial charge in [0.05, 0.1) is 23.4 Å². The molecule has 1 saturated carbocycles. The number of aromatic amines is 1. The Morgan fingerprint density at radius 3 is 2.70 bits per heavy atom. The van der Waals surface area contributed by atoms with E-state index in [1.54, 1.807) is 6.07 Å². The van der Waals surface area contributed by atoms with Crippen molar-refractivity contribution in [2.24, 2.45) is 5.92 Å². The molecule has 1 aliphatic carbocycles. The number of benzene rings is 1. The van der Waals surface area contributed by atoms with Crippen LogP contribution < -0.4 is 10.1 Å². The molecule has 2 aromatic rings. The standard InChI is InChI=1S/C22H31N5O4S2/c1-31-19-10-9-17(33(29,30)27-11-5-2-6-12-27)14-18(19)23-21(28)15-32-22-24-20(25-26-22)13-16-7-3-4-8-16/h9-10,14,16H,2-8,11-13,15H2,1H3,(H,23,28)(H,24,25,26). The molecule has 2 fully saturated rings. The van der Waals surface area contributed by atoms with E-state index in [-0.39, 0.29) is 16.6 Å². The Labute approximate surface area is 199 Å². The summed E-state index contributed by atoms with van der Waals surface area (Å²) in [6, 6.07) is 4.56. The van der Waals surface area contributed by atoms with E-state index in [0.29, 0.717) is 35.6 Å². The number of methoxy groups -OCH3 is 1. The van der Waals surface area contributed by atoms with Gasteiger partial charge in [-0.05, 0) is 37.0 Å². The lowest BCUT2D eigenvalue weighted by atomic mass is 10.0. The van der Waals surface area contributed by atoms with E-state index in [2.05, 4.69) is 20.5 Å². The van der Waals surface area contributed by atoms with Crippen LogP contribution in [0, 0.1) is 5.92 Å². The molecule has 0 unspecified atom stereocenters. The van der Waals surface area contributed by atoms with Crippen LogP contribution in [0.4, 0.5) is 5.69 Å². The molecule has 2 N–H and O–H groups in total. The quantitative estimate of drug-likeness (QED) is 0.514. The van der Waals surface area contributed by atoms with Gasteiger partial charge in [-0.2, -0.15) is 4.31 Å². The van der Waals surface area contributed by atoms with Crippen LogP contribution in [0.5, 0.6) is 5.75 Å². The maximum absolute atomic E-state index is 13.0. The van der Waals surface area contributed by atoms with Crippen molar-refractivity contribution in [3.8, 4) is 5.75 Å². The van der Waals surface area contributed by atoms with Crippen LogP contribution in [0.3, 0.4) is 0 Å². The first kappa shape index (κ1) is 24.0. The van der Waals surface area contributed by atoms with Gasteiger partial charge in [-0.3, -0.25) is 9.89 Å². The summed E-state index contributed by atoms with van der Waals surface area (Å²) in [6.07, 6.45) is 8.70. The molecule has 1 amide bonds. The number of hydrogen-bond donors (Lipinski definition) is 2. The van der Waals surface area contributed by atoms with Crippen molar-refractivity contribution < 1.29 is 17.9 Å². The highest BCUT2D eigenvalue weighted by molar-refractivity contribution is 7.99. The van der Waals surface area contributed by atoms with Gasteiger partial charge in [-0.25, -0.2) is 13.4 Å². The Morgan fingerprint density at radius 1 is 1.21 bits per heavy atom. The number of hydrogen-bond acceptors (Lipinski definition) is 7. The Morgan fingerprint density at radius 2 is 1.97 bits per heavy atom. The number of nitrogens with zero attached hydrogens (tertiary/aromatic N) is 3. The second kappa shape index (κ2) is 10.9. The Bertz CT molecular complexity index is 1060. The van der Waals surface area contributed by atoms with Crippen molar-refractivity contribution in [2.45, 2.75) is 61.4 Å². The Balaban J connectivity index is 1.37. The van der Waals surface area contributed by atoms with Gasteiger partial charge in [-0.15, -0.1) is 5.10 Å². The molecule has 1 aliphatic heterocycles. The summed E-state index contributed by atoms with van der Waals surface area (Å²) in [6.45, 7) is 1.04. The van der Waals surface area contributed by atoms with E-state index in [0.717, 1.165) is 31.5 Å². The summed E-state index contributed by atoms with van der Waals surface area (Å²) in [4.78, 5) is 17.2. The van der Waals surface area contributed by atoms with Gasteiger partial charge in [-0.1, -0.05) is 43.9 Å². The van der Waals surface area contributed by atoms with E-state index in [1.807, 2.05) is 0 Å². The molecule has 0 atom stereocenters. The zero-order chi connectivity index (χ0) is 23.3. The van der Waals surface area contributed by atoms with E-state index in [4.69, 9.17) is 4.74 Å². The molecular formula is C22H31N5O4S2. The number of rotatable bonds is 9. The lowest BCUT2D eigenvalue weighted by Gasteiger charge is -2.26. The third-order valence-corrected chi connectivity index (χ3v) is 8.94. The molecule has 0 bridgehead atoms. The first-order valence-electron chi connectivity index (χ1n) is 11.5. The van der Waals surface area contributed by atoms with E-state index >= 15 is 0 Å². The first-order valence-corrected chi connectivity index (χ1v) is 13.9. The minimum atomic E-state index is -3.61.